The molecule has 0 saturated heterocycles. The number of ether oxygens (including phenoxy) is 1. The van der Waals surface area contributed by atoms with E-state index in [2.05, 4.69) is 0 Å². The average Bonchev–Trinajstić information content (AvgIpc) is 2.38. The van der Waals surface area contributed by atoms with Crippen molar-refractivity contribution in [2.75, 3.05) is 13.7 Å². The number of aromatic hydroxyl groups is 1. The molecule has 3 nitrogen and oxygen atoms in total. The van der Waals surface area contributed by atoms with Crippen molar-refractivity contribution in [3.63, 3.8) is 0 Å². The van der Waals surface area contributed by atoms with Crippen LogP contribution in [0.4, 0.5) is 0 Å². The Balaban J connectivity index is 2.73. The maximum atomic E-state index is 10.4. The van der Waals surface area contributed by atoms with Crippen LogP contribution in [0.2, 0.25) is 0 Å². The number of hydrogen-bond donors (Lipinski definition) is 2. The van der Waals surface area contributed by atoms with Crippen LogP contribution in [-0.4, -0.2) is 23.9 Å². The number of aliphatic hydroxyl groups is 1. The Labute approximate surface area is 107 Å². The Morgan fingerprint density at radius 3 is 2.44 bits per heavy atom. The number of benzene rings is 2. The van der Waals surface area contributed by atoms with Gasteiger partial charge in [-0.2, -0.15) is 0 Å². The van der Waals surface area contributed by atoms with E-state index in [9.17, 15) is 10.2 Å². The fraction of sp³-hybridized carbons (Fsp3) is 0.333. The minimum atomic E-state index is -0.471. The van der Waals surface area contributed by atoms with Crippen LogP contribution in [0.15, 0.2) is 30.3 Å². The molecule has 0 unspecified atom stereocenters. The lowest BCUT2D eigenvalue weighted by Crippen LogP contribution is -2.22. The number of methoxy groups -OCH3 is 1. The topological polar surface area (TPSA) is 49.7 Å². The molecule has 0 heterocycles. The molecule has 0 fully saturated rings. The van der Waals surface area contributed by atoms with Crippen molar-refractivity contribution in [3.05, 3.63) is 35.9 Å². The van der Waals surface area contributed by atoms with Crippen LogP contribution in [0, 0.1) is 0 Å². The van der Waals surface area contributed by atoms with Crippen molar-refractivity contribution in [1.29, 1.82) is 0 Å². The van der Waals surface area contributed by atoms with Gasteiger partial charge in [-0.05, 0) is 6.07 Å². The average molecular weight is 246 g/mol. The lowest BCUT2D eigenvalue weighted by atomic mass is 9.83. The fourth-order valence-corrected chi connectivity index (χ4v) is 2.12. The van der Waals surface area contributed by atoms with Crippen LogP contribution in [0.3, 0.4) is 0 Å². The molecule has 2 aromatic rings. The summed E-state index contributed by atoms with van der Waals surface area (Å²) in [5, 5.41) is 21.4. The highest BCUT2D eigenvalue weighted by Crippen LogP contribution is 2.39. The molecule has 0 spiro atoms. The summed E-state index contributed by atoms with van der Waals surface area (Å²) in [6.07, 6.45) is 0. The molecule has 0 saturated carbocycles. The van der Waals surface area contributed by atoms with Crippen LogP contribution >= 0.6 is 0 Å². The third-order valence-electron chi connectivity index (χ3n) is 3.34. The summed E-state index contributed by atoms with van der Waals surface area (Å²) in [5.41, 5.74) is 0.271. The summed E-state index contributed by atoms with van der Waals surface area (Å²) in [4.78, 5) is 0. The monoisotopic (exact) mass is 246 g/mol. The van der Waals surface area contributed by atoms with E-state index in [1.807, 2.05) is 44.2 Å². The number of phenolic OH excluding ortho intramolecular Hbond substituents is 1. The lowest BCUT2D eigenvalue weighted by molar-refractivity contribution is 0.215. The zero-order valence-electron chi connectivity index (χ0n) is 10.9. The van der Waals surface area contributed by atoms with E-state index >= 15 is 0 Å². The molecule has 0 bridgehead atoms. The summed E-state index contributed by atoms with van der Waals surface area (Å²) in [7, 11) is 1.61. The van der Waals surface area contributed by atoms with Gasteiger partial charge in [0.2, 0.25) is 0 Å². The van der Waals surface area contributed by atoms with Crippen LogP contribution < -0.4 is 4.74 Å². The number of hydrogen-bond acceptors (Lipinski definition) is 3. The molecule has 0 aliphatic rings. The second-order valence-electron chi connectivity index (χ2n) is 5.06. The summed E-state index contributed by atoms with van der Waals surface area (Å²) >= 11 is 0. The van der Waals surface area contributed by atoms with Crippen LogP contribution in [0.25, 0.3) is 10.8 Å². The first-order valence-electron chi connectivity index (χ1n) is 5.91. The number of phenols is 1. The smallest absolute Gasteiger partial charge is 0.127 e. The highest BCUT2D eigenvalue weighted by molar-refractivity contribution is 5.94. The first-order valence-corrected chi connectivity index (χ1v) is 5.91. The SMILES string of the molecule is COc1cccc2c(O)c(C(C)(C)CO)ccc12. The van der Waals surface area contributed by atoms with E-state index in [0.717, 1.165) is 22.1 Å². The fourth-order valence-electron chi connectivity index (χ4n) is 2.12. The second kappa shape index (κ2) is 4.50. The maximum absolute atomic E-state index is 10.4. The van der Waals surface area contributed by atoms with E-state index in [-0.39, 0.29) is 12.4 Å². The Hall–Kier alpha value is -1.74. The normalized spacial score (nSPS) is 11.8. The Morgan fingerprint density at radius 1 is 1.11 bits per heavy atom. The van der Waals surface area contributed by atoms with Crippen molar-refractivity contribution in [2.24, 2.45) is 0 Å². The van der Waals surface area contributed by atoms with E-state index in [1.165, 1.54) is 0 Å². The van der Waals surface area contributed by atoms with Gasteiger partial charge in [0.25, 0.3) is 0 Å². The lowest BCUT2D eigenvalue weighted by Gasteiger charge is -2.24. The third kappa shape index (κ3) is 1.91. The first-order chi connectivity index (χ1) is 8.51. The van der Waals surface area contributed by atoms with Crippen molar-refractivity contribution in [3.8, 4) is 11.5 Å². The minimum Gasteiger partial charge on any atom is -0.507 e. The van der Waals surface area contributed by atoms with Gasteiger partial charge < -0.3 is 14.9 Å². The molecular weight excluding hydrogens is 228 g/mol. The van der Waals surface area contributed by atoms with Gasteiger partial charge in [-0.1, -0.05) is 38.1 Å². The predicted molar refractivity (Wildman–Crippen MR) is 72.3 cm³/mol. The summed E-state index contributed by atoms with van der Waals surface area (Å²) < 4.78 is 5.27. The van der Waals surface area contributed by atoms with Gasteiger partial charge in [0.05, 0.1) is 13.7 Å². The summed E-state index contributed by atoms with van der Waals surface area (Å²) in [6, 6.07) is 9.32. The Kier molecular flexibility index (Phi) is 3.18. The molecule has 0 radical (unpaired) electrons. The van der Waals surface area contributed by atoms with Crippen LogP contribution in [-0.2, 0) is 5.41 Å². The highest BCUT2D eigenvalue weighted by Gasteiger charge is 2.24. The van der Waals surface area contributed by atoms with Gasteiger partial charge in [-0.15, -0.1) is 0 Å². The molecule has 0 atom stereocenters. The van der Waals surface area contributed by atoms with Crippen molar-refractivity contribution < 1.29 is 14.9 Å². The number of aliphatic hydroxyl groups excluding tert-OH is 1. The largest absolute Gasteiger partial charge is 0.507 e. The number of fused-ring (bicyclic) bond motifs is 1. The molecule has 96 valence electrons. The summed E-state index contributed by atoms with van der Waals surface area (Å²) in [6.45, 7) is 3.78. The van der Waals surface area contributed by atoms with E-state index in [1.54, 1.807) is 7.11 Å². The molecule has 2 rings (SSSR count). The highest BCUT2D eigenvalue weighted by atomic mass is 16.5. The third-order valence-corrected chi connectivity index (χ3v) is 3.34. The molecule has 18 heavy (non-hydrogen) atoms. The van der Waals surface area contributed by atoms with E-state index < -0.39 is 5.41 Å². The predicted octanol–water partition coefficient (Wildman–Crippen LogP) is 2.82. The van der Waals surface area contributed by atoms with Gasteiger partial charge in [0.1, 0.15) is 11.5 Å². The van der Waals surface area contributed by atoms with Crippen LogP contribution in [0.5, 0.6) is 11.5 Å². The second-order valence-corrected chi connectivity index (χ2v) is 5.06. The van der Waals surface area contributed by atoms with Crippen molar-refractivity contribution >= 4 is 10.8 Å². The Bertz CT molecular complexity index is 573. The van der Waals surface area contributed by atoms with Gasteiger partial charge >= 0.3 is 0 Å². The van der Waals surface area contributed by atoms with Crippen LogP contribution in [0.1, 0.15) is 19.4 Å². The molecule has 0 aliphatic carbocycles. The molecule has 0 aliphatic heterocycles. The minimum absolute atomic E-state index is 0.0178. The Morgan fingerprint density at radius 2 is 1.83 bits per heavy atom. The molecule has 3 heteroatoms. The number of rotatable bonds is 3. The van der Waals surface area contributed by atoms with Gasteiger partial charge in [0.15, 0.2) is 0 Å². The van der Waals surface area contributed by atoms with Gasteiger partial charge in [-0.25, -0.2) is 0 Å². The quantitative estimate of drug-likeness (QED) is 0.875. The van der Waals surface area contributed by atoms with E-state index in [0.29, 0.717) is 0 Å². The van der Waals surface area contributed by atoms with Crippen molar-refractivity contribution in [1.82, 2.24) is 0 Å². The molecular formula is C15H18O3. The zero-order valence-corrected chi connectivity index (χ0v) is 10.9. The van der Waals surface area contributed by atoms with E-state index in [4.69, 9.17) is 4.74 Å². The molecule has 2 aromatic carbocycles. The van der Waals surface area contributed by atoms with Crippen molar-refractivity contribution in [2.45, 2.75) is 19.3 Å². The maximum Gasteiger partial charge on any atom is 0.127 e. The molecule has 0 aromatic heterocycles. The standard InChI is InChI=1S/C15H18O3/c1-15(2,9-16)12-8-7-10-11(14(12)17)5-4-6-13(10)18-3/h4-8,16-17H,9H2,1-3H3. The molecule has 0 amide bonds. The molecule has 2 N–H and O–H groups in total. The van der Waals surface area contributed by atoms with Gasteiger partial charge in [-0.3, -0.25) is 0 Å². The van der Waals surface area contributed by atoms with Gasteiger partial charge in [0, 0.05) is 21.8 Å². The zero-order chi connectivity index (χ0) is 13.3. The first kappa shape index (κ1) is 12.7. The summed E-state index contributed by atoms with van der Waals surface area (Å²) in [5.74, 6) is 0.946.